The molecular formula is C11H8NOP. The maximum atomic E-state index is 5.22. The van der Waals surface area contributed by atoms with E-state index in [-0.39, 0.29) is 0 Å². The first-order valence-corrected chi connectivity index (χ1v) is 4.65. The van der Waals surface area contributed by atoms with E-state index < -0.39 is 0 Å². The second-order valence-corrected chi connectivity index (χ2v) is 3.47. The molecule has 0 bridgehead atoms. The molecule has 0 N–H and O–H groups in total. The third-order valence-electron chi connectivity index (χ3n) is 1.81. The summed E-state index contributed by atoms with van der Waals surface area (Å²) in [4.78, 5) is 4.12. The average molecular weight is 201 g/mol. The summed E-state index contributed by atoms with van der Waals surface area (Å²) in [6.07, 6.45) is 6.67. The van der Waals surface area contributed by atoms with Crippen molar-refractivity contribution >= 4 is 14.5 Å². The van der Waals surface area contributed by atoms with Gasteiger partial charge in [-0.1, -0.05) is 12.1 Å². The number of terminal acetylenes is 1. The molecule has 0 fully saturated rings. The molecule has 2 aromatic rings. The summed E-state index contributed by atoms with van der Waals surface area (Å²) in [5.41, 5.74) is 1.45. The SMILES string of the molecule is C#Cc1coc(-c2ccc(P)cc2)n1. The van der Waals surface area contributed by atoms with Gasteiger partial charge >= 0.3 is 0 Å². The molecule has 1 aromatic carbocycles. The number of oxazole rings is 1. The molecule has 0 saturated heterocycles. The Hall–Kier alpha value is -1.58. The summed E-state index contributed by atoms with van der Waals surface area (Å²) in [6.45, 7) is 0. The molecular weight excluding hydrogens is 193 g/mol. The Morgan fingerprint density at radius 3 is 2.57 bits per heavy atom. The maximum Gasteiger partial charge on any atom is 0.227 e. The number of hydrogen-bond acceptors (Lipinski definition) is 2. The zero-order chi connectivity index (χ0) is 9.97. The highest BCUT2D eigenvalue weighted by atomic mass is 31.0. The molecule has 0 spiro atoms. The van der Waals surface area contributed by atoms with Crippen LogP contribution in [-0.4, -0.2) is 4.98 Å². The summed E-state index contributed by atoms with van der Waals surface area (Å²) in [7, 11) is 2.62. The van der Waals surface area contributed by atoms with Crippen molar-refractivity contribution in [1.82, 2.24) is 4.98 Å². The van der Waals surface area contributed by atoms with E-state index in [0.717, 1.165) is 10.9 Å². The van der Waals surface area contributed by atoms with Crippen LogP contribution in [-0.2, 0) is 0 Å². The van der Waals surface area contributed by atoms with Crippen LogP contribution < -0.4 is 5.30 Å². The summed E-state index contributed by atoms with van der Waals surface area (Å²) in [5.74, 6) is 2.98. The van der Waals surface area contributed by atoms with Gasteiger partial charge in [0.2, 0.25) is 5.89 Å². The van der Waals surface area contributed by atoms with Crippen LogP contribution in [0.1, 0.15) is 5.69 Å². The van der Waals surface area contributed by atoms with Crippen LogP contribution in [0, 0.1) is 12.3 Å². The van der Waals surface area contributed by atoms with Crippen molar-refractivity contribution in [3.8, 4) is 23.8 Å². The largest absolute Gasteiger partial charge is 0.443 e. The van der Waals surface area contributed by atoms with Gasteiger partial charge in [0.25, 0.3) is 0 Å². The third kappa shape index (κ3) is 1.69. The van der Waals surface area contributed by atoms with Crippen molar-refractivity contribution in [1.29, 1.82) is 0 Å². The summed E-state index contributed by atoms with van der Waals surface area (Å²) in [5, 5.41) is 1.12. The molecule has 1 unspecified atom stereocenters. The minimum absolute atomic E-state index is 0.523. The third-order valence-corrected chi connectivity index (χ3v) is 2.19. The first-order valence-electron chi connectivity index (χ1n) is 4.07. The second-order valence-electron chi connectivity index (χ2n) is 2.80. The van der Waals surface area contributed by atoms with E-state index in [1.807, 2.05) is 24.3 Å². The van der Waals surface area contributed by atoms with Crippen molar-refractivity contribution < 1.29 is 4.42 Å². The van der Waals surface area contributed by atoms with Crippen LogP contribution in [0.5, 0.6) is 0 Å². The van der Waals surface area contributed by atoms with E-state index in [0.29, 0.717) is 11.6 Å². The summed E-state index contributed by atoms with van der Waals surface area (Å²) >= 11 is 0. The number of benzene rings is 1. The zero-order valence-corrected chi connectivity index (χ0v) is 8.55. The van der Waals surface area contributed by atoms with Crippen LogP contribution in [0.3, 0.4) is 0 Å². The van der Waals surface area contributed by atoms with Gasteiger partial charge in [-0.3, -0.25) is 0 Å². The average Bonchev–Trinajstić information content (AvgIpc) is 2.67. The van der Waals surface area contributed by atoms with Crippen molar-refractivity contribution in [2.75, 3.05) is 0 Å². The highest BCUT2D eigenvalue weighted by Crippen LogP contribution is 2.17. The monoisotopic (exact) mass is 201 g/mol. The van der Waals surface area contributed by atoms with Crippen molar-refractivity contribution in [3.05, 3.63) is 36.2 Å². The van der Waals surface area contributed by atoms with Gasteiger partial charge in [0, 0.05) is 5.56 Å². The Labute approximate surface area is 84.6 Å². The van der Waals surface area contributed by atoms with Crippen LogP contribution >= 0.6 is 9.24 Å². The minimum atomic E-state index is 0.523. The Balaban J connectivity index is 2.40. The van der Waals surface area contributed by atoms with Crippen LogP contribution in [0.2, 0.25) is 0 Å². The predicted octanol–water partition coefficient (Wildman–Crippen LogP) is 1.82. The van der Waals surface area contributed by atoms with Gasteiger partial charge in [-0.05, 0) is 23.4 Å². The molecule has 3 heteroatoms. The topological polar surface area (TPSA) is 26.0 Å². The van der Waals surface area contributed by atoms with Crippen molar-refractivity contribution in [2.45, 2.75) is 0 Å². The van der Waals surface area contributed by atoms with E-state index in [2.05, 4.69) is 20.1 Å². The lowest BCUT2D eigenvalue weighted by molar-refractivity contribution is 0.574. The van der Waals surface area contributed by atoms with E-state index in [1.165, 1.54) is 6.26 Å². The Kier molecular flexibility index (Phi) is 2.35. The highest BCUT2D eigenvalue weighted by Gasteiger charge is 2.03. The number of hydrogen-bond donors (Lipinski definition) is 0. The first-order chi connectivity index (χ1) is 6.79. The molecule has 2 nitrogen and oxygen atoms in total. The van der Waals surface area contributed by atoms with Gasteiger partial charge in [0.15, 0.2) is 5.69 Å². The lowest BCUT2D eigenvalue weighted by Crippen LogP contribution is -1.87. The molecule has 0 aliphatic rings. The molecule has 1 heterocycles. The lowest BCUT2D eigenvalue weighted by atomic mass is 10.2. The zero-order valence-electron chi connectivity index (χ0n) is 7.40. The van der Waals surface area contributed by atoms with E-state index in [9.17, 15) is 0 Å². The van der Waals surface area contributed by atoms with Gasteiger partial charge in [-0.2, -0.15) is 0 Å². The van der Waals surface area contributed by atoms with E-state index in [1.54, 1.807) is 0 Å². The van der Waals surface area contributed by atoms with Crippen LogP contribution in [0.15, 0.2) is 34.9 Å². The molecule has 0 aliphatic heterocycles. The Bertz CT molecular complexity index is 479. The number of rotatable bonds is 1. The second kappa shape index (κ2) is 3.65. The van der Waals surface area contributed by atoms with Gasteiger partial charge < -0.3 is 4.42 Å². The van der Waals surface area contributed by atoms with Crippen molar-refractivity contribution in [2.24, 2.45) is 0 Å². The fourth-order valence-corrected chi connectivity index (χ4v) is 1.29. The molecule has 1 atom stereocenters. The summed E-state index contributed by atoms with van der Waals surface area (Å²) < 4.78 is 5.22. The fourth-order valence-electron chi connectivity index (χ4n) is 1.10. The van der Waals surface area contributed by atoms with E-state index >= 15 is 0 Å². The predicted molar refractivity (Wildman–Crippen MR) is 59.2 cm³/mol. The standard InChI is InChI=1S/C11H8NOP/c1-2-9-7-13-11(12-9)8-3-5-10(14)6-4-8/h1,3-7H,14H2. The molecule has 1 aromatic heterocycles. The van der Waals surface area contributed by atoms with Crippen LogP contribution in [0.4, 0.5) is 0 Å². The Morgan fingerprint density at radius 1 is 1.29 bits per heavy atom. The Morgan fingerprint density at radius 2 is 2.00 bits per heavy atom. The van der Waals surface area contributed by atoms with Gasteiger partial charge in [-0.25, -0.2) is 4.98 Å². The fraction of sp³-hybridized carbons (Fsp3) is 0. The number of nitrogens with zero attached hydrogens (tertiary/aromatic N) is 1. The smallest absolute Gasteiger partial charge is 0.227 e. The molecule has 68 valence electrons. The van der Waals surface area contributed by atoms with Crippen LogP contribution in [0.25, 0.3) is 11.5 Å². The molecule has 0 amide bonds. The quantitative estimate of drug-likeness (QED) is 0.519. The van der Waals surface area contributed by atoms with Crippen molar-refractivity contribution in [3.63, 3.8) is 0 Å². The number of aromatic nitrogens is 1. The lowest BCUT2D eigenvalue weighted by Gasteiger charge is -1.94. The highest BCUT2D eigenvalue weighted by molar-refractivity contribution is 7.27. The van der Waals surface area contributed by atoms with Gasteiger partial charge in [0.05, 0.1) is 0 Å². The van der Waals surface area contributed by atoms with Gasteiger partial charge in [0.1, 0.15) is 6.26 Å². The maximum absolute atomic E-state index is 5.22. The normalized spacial score (nSPS) is 9.71. The van der Waals surface area contributed by atoms with Gasteiger partial charge in [-0.15, -0.1) is 15.7 Å². The summed E-state index contributed by atoms with van der Waals surface area (Å²) in [6, 6.07) is 7.82. The first kappa shape index (κ1) is 8.99. The molecule has 2 rings (SSSR count). The molecule has 0 radical (unpaired) electrons. The van der Waals surface area contributed by atoms with E-state index in [4.69, 9.17) is 10.8 Å². The minimum Gasteiger partial charge on any atom is -0.443 e. The molecule has 0 aliphatic carbocycles. The molecule has 14 heavy (non-hydrogen) atoms. The molecule has 0 saturated carbocycles.